The Labute approximate surface area is 115 Å². The van der Waals surface area contributed by atoms with E-state index in [1.54, 1.807) is 13.8 Å². The molecule has 0 aromatic carbocycles. The Hall–Kier alpha value is -0.690. The minimum atomic E-state index is -4.52. The average molecular weight is 300 g/mol. The molecule has 0 unspecified atom stereocenters. The van der Waals surface area contributed by atoms with Gasteiger partial charge >= 0.3 is 6.18 Å². The number of nitrogens with two attached hydrogens (primary N) is 1. The van der Waals surface area contributed by atoms with Gasteiger partial charge in [-0.1, -0.05) is 19.9 Å². The van der Waals surface area contributed by atoms with E-state index in [0.29, 0.717) is 0 Å². The summed E-state index contributed by atoms with van der Waals surface area (Å²) in [6.07, 6.45) is -3.45. The number of hydrogen-bond donors (Lipinski definition) is 2. The molecule has 0 aromatic heterocycles. The van der Waals surface area contributed by atoms with Crippen molar-refractivity contribution in [2.75, 3.05) is 6.54 Å². The van der Waals surface area contributed by atoms with Gasteiger partial charge in [0.25, 0.3) is 5.92 Å². The van der Waals surface area contributed by atoms with Crippen LogP contribution in [0.4, 0.5) is 22.0 Å². The molecule has 0 radical (unpaired) electrons. The molecule has 2 atom stereocenters. The van der Waals surface area contributed by atoms with E-state index in [0.717, 1.165) is 6.08 Å². The monoisotopic (exact) mass is 300 g/mol. The lowest BCUT2D eigenvalue weighted by Crippen LogP contribution is -2.58. The minimum absolute atomic E-state index is 0.00519. The lowest BCUT2D eigenvalue weighted by atomic mass is 9.82. The van der Waals surface area contributed by atoms with Gasteiger partial charge in [-0.05, 0) is 18.8 Å². The number of alkyl halides is 5. The Morgan fingerprint density at radius 1 is 1.25 bits per heavy atom. The predicted molar refractivity (Wildman–Crippen MR) is 67.5 cm³/mol. The van der Waals surface area contributed by atoms with Crippen molar-refractivity contribution in [1.82, 2.24) is 5.32 Å². The van der Waals surface area contributed by atoms with E-state index in [4.69, 9.17) is 5.73 Å². The van der Waals surface area contributed by atoms with Crippen LogP contribution in [0.3, 0.4) is 0 Å². The summed E-state index contributed by atoms with van der Waals surface area (Å²) in [5.41, 5.74) is 3.95. The van der Waals surface area contributed by atoms with Gasteiger partial charge in [0.1, 0.15) is 0 Å². The quantitative estimate of drug-likeness (QED) is 0.560. The lowest BCUT2D eigenvalue weighted by molar-refractivity contribution is -0.142. The van der Waals surface area contributed by atoms with Crippen molar-refractivity contribution < 1.29 is 22.0 Å². The van der Waals surface area contributed by atoms with Crippen molar-refractivity contribution in [2.24, 2.45) is 17.6 Å². The van der Waals surface area contributed by atoms with Crippen molar-refractivity contribution >= 4 is 0 Å². The summed E-state index contributed by atoms with van der Waals surface area (Å²) < 4.78 is 65.7. The topological polar surface area (TPSA) is 38.0 Å². The maximum Gasteiger partial charge on any atom is 0.401 e. The van der Waals surface area contributed by atoms with Crippen molar-refractivity contribution in [3.8, 4) is 0 Å². The molecular weight excluding hydrogens is 279 g/mol. The molecule has 0 saturated heterocycles. The molecule has 1 fully saturated rings. The molecule has 1 aliphatic rings. The first kappa shape index (κ1) is 17.4. The fraction of sp³-hybridized carbons (Fsp3) is 0.846. The first-order chi connectivity index (χ1) is 8.97. The zero-order chi connectivity index (χ0) is 15.8. The molecule has 1 rings (SSSR count). The summed E-state index contributed by atoms with van der Waals surface area (Å²) in [5.74, 6) is -4.93. The molecule has 0 amide bonds. The molecule has 1 aliphatic carbocycles. The molecule has 0 aliphatic heterocycles. The number of nitrogens with one attached hydrogen (secondary N) is 1. The molecule has 7 heteroatoms. The first-order valence-electron chi connectivity index (χ1n) is 6.54. The Balaban J connectivity index is 2.87. The van der Waals surface area contributed by atoms with E-state index in [-0.39, 0.29) is 18.8 Å². The summed E-state index contributed by atoms with van der Waals surface area (Å²) in [6.45, 7) is 5.33. The maximum absolute atomic E-state index is 14.5. The van der Waals surface area contributed by atoms with Gasteiger partial charge in [0, 0.05) is 6.04 Å². The van der Waals surface area contributed by atoms with Gasteiger partial charge in [0.05, 0.1) is 18.0 Å². The van der Waals surface area contributed by atoms with Crippen molar-refractivity contribution in [2.45, 2.75) is 50.4 Å². The normalized spacial score (nSPS) is 21.6. The summed E-state index contributed by atoms with van der Waals surface area (Å²) in [7, 11) is 0. The third-order valence-corrected chi connectivity index (χ3v) is 3.87. The van der Waals surface area contributed by atoms with E-state index in [2.05, 4.69) is 6.58 Å². The second-order valence-corrected chi connectivity index (χ2v) is 5.76. The molecule has 2 nitrogen and oxygen atoms in total. The molecule has 0 bridgehead atoms. The largest absolute Gasteiger partial charge is 0.401 e. The minimum Gasteiger partial charge on any atom is -0.327 e. The van der Waals surface area contributed by atoms with Crippen LogP contribution in [-0.4, -0.2) is 30.2 Å². The van der Waals surface area contributed by atoms with Crippen LogP contribution in [0.2, 0.25) is 0 Å². The molecule has 0 heterocycles. The number of rotatable bonds is 7. The van der Waals surface area contributed by atoms with E-state index >= 15 is 0 Å². The second kappa shape index (κ2) is 5.60. The van der Waals surface area contributed by atoms with Crippen LogP contribution in [0.5, 0.6) is 0 Å². The Bertz CT molecular complexity index is 347. The summed E-state index contributed by atoms with van der Waals surface area (Å²) in [6, 6.07) is -0.854. The van der Waals surface area contributed by atoms with E-state index in [1.165, 1.54) is 0 Å². The fourth-order valence-electron chi connectivity index (χ4n) is 2.30. The van der Waals surface area contributed by atoms with Gasteiger partial charge in [-0.15, -0.1) is 6.58 Å². The average Bonchev–Trinajstić information content (AvgIpc) is 3.07. The molecule has 1 saturated carbocycles. The van der Waals surface area contributed by atoms with Crippen LogP contribution in [-0.2, 0) is 0 Å². The van der Waals surface area contributed by atoms with Crippen molar-refractivity contribution in [3.05, 3.63) is 12.7 Å². The summed E-state index contributed by atoms with van der Waals surface area (Å²) in [4.78, 5) is 0. The Morgan fingerprint density at radius 2 is 1.75 bits per heavy atom. The highest BCUT2D eigenvalue weighted by molar-refractivity contribution is 5.18. The zero-order valence-corrected chi connectivity index (χ0v) is 11.6. The molecular formula is C13H21F5N2. The zero-order valence-electron chi connectivity index (χ0n) is 11.6. The molecule has 0 spiro atoms. The van der Waals surface area contributed by atoms with Crippen LogP contribution >= 0.6 is 0 Å². The van der Waals surface area contributed by atoms with Crippen LogP contribution in [0.15, 0.2) is 12.7 Å². The van der Waals surface area contributed by atoms with Gasteiger partial charge in [-0.3, -0.25) is 5.32 Å². The van der Waals surface area contributed by atoms with Crippen LogP contribution in [0.25, 0.3) is 0 Å². The van der Waals surface area contributed by atoms with E-state index in [1.807, 2.05) is 5.32 Å². The second-order valence-electron chi connectivity index (χ2n) is 5.76. The Morgan fingerprint density at radius 3 is 2.05 bits per heavy atom. The smallest absolute Gasteiger partial charge is 0.327 e. The fourth-order valence-corrected chi connectivity index (χ4v) is 2.30. The summed E-state index contributed by atoms with van der Waals surface area (Å²) in [5, 5.41) is 1.98. The van der Waals surface area contributed by atoms with Gasteiger partial charge in [-0.25, -0.2) is 8.78 Å². The van der Waals surface area contributed by atoms with Gasteiger partial charge in [-0.2, -0.15) is 13.2 Å². The van der Waals surface area contributed by atoms with Gasteiger partial charge < -0.3 is 5.73 Å². The van der Waals surface area contributed by atoms with Crippen molar-refractivity contribution in [3.63, 3.8) is 0 Å². The molecule has 20 heavy (non-hydrogen) atoms. The molecule has 3 N–H and O–H groups in total. The highest BCUT2D eigenvalue weighted by Crippen LogP contribution is 2.53. The SMILES string of the molecule is C=C[C@H]([C@@H](N)C(C)C)C(F)(F)C1(NCC(F)(F)F)CC1. The maximum atomic E-state index is 14.5. The number of hydrogen-bond acceptors (Lipinski definition) is 2. The standard InChI is InChI=1S/C13H21F5N2/c1-4-9(10(19)8(2)3)13(17,18)11(5-6-11)20-7-12(14,15)16/h4,8-10,20H,1,5-7,19H2,2-3H3/t9-,10+/m1/s1. The number of halogens is 5. The van der Waals surface area contributed by atoms with Crippen LogP contribution < -0.4 is 11.1 Å². The molecule has 118 valence electrons. The van der Waals surface area contributed by atoms with Gasteiger partial charge in [0.2, 0.25) is 0 Å². The predicted octanol–water partition coefficient (Wildman–Crippen LogP) is 3.09. The van der Waals surface area contributed by atoms with E-state index in [9.17, 15) is 22.0 Å². The molecule has 0 aromatic rings. The third-order valence-electron chi connectivity index (χ3n) is 3.87. The third kappa shape index (κ3) is 3.49. The van der Waals surface area contributed by atoms with Crippen LogP contribution in [0, 0.1) is 11.8 Å². The van der Waals surface area contributed by atoms with Crippen LogP contribution in [0.1, 0.15) is 26.7 Å². The summed E-state index contributed by atoms with van der Waals surface area (Å²) >= 11 is 0. The van der Waals surface area contributed by atoms with E-state index < -0.39 is 36.1 Å². The van der Waals surface area contributed by atoms with Crippen molar-refractivity contribution in [1.29, 1.82) is 0 Å². The first-order valence-corrected chi connectivity index (χ1v) is 6.54. The highest BCUT2D eigenvalue weighted by atomic mass is 19.4. The lowest BCUT2D eigenvalue weighted by Gasteiger charge is -2.37. The highest BCUT2D eigenvalue weighted by Gasteiger charge is 2.65. The van der Waals surface area contributed by atoms with Gasteiger partial charge in [0.15, 0.2) is 0 Å². The Kier molecular flexibility index (Phi) is 4.86.